The number of imide groups is 1. The predicted octanol–water partition coefficient (Wildman–Crippen LogP) is 5.54. The van der Waals surface area contributed by atoms with Crippen molar-refractivity contribution in [3.63, 3.8) is 0 Å². The molecule has 0 aliphatic carbocycles. The molecule has 0 radical (unpaired) electrons. The monoisotopic (exact) mass is 944 g/mol. The fraction of sp³-hybridized carbons (Fsp3) is 0.420. The van der Waals surface area contributed by atoms with Gasteiger partial charge < -0.3 is 44.4 Å². The molecule has 364 valence electrons. The van der Waals surface area contributed by atoms with E-state index in [-0.39, 0.29) is 55.5 Å². The van der Waals surface area contributed by atoms with Crippen LogP contribution in [0.2, 0.25) is 0 Å². The Morgan fingerprint density at radius 1 is 0.841 bits per heavy atom. The number of fused-ring (bicyclic) bond motifs is 1. The standard InChI is InChI=1S/C50H60N10O9/c1-34(54-48(63)36-12-7-13-37(29-36)52-31-44-57-58-47(59(44)2)42-20-21-51-33-53-42)35-11-8-14-38(30-35)69-24-6-4-3-5-22-66-25-27-68-28-26-67-23-10-17-45(61)55-41-16-9-15-39-40(41)32-60(50(39)65)43-18-19-46(62)56-49(43)64/h7-9,11-16,20-21,29-30,33-34,43,52H,3-6,10,17-19,22-28,31-32H2,1-2H3,(H,54,63)(H,55,61)(H,56,62,64)/t34-,43?/m0/s1. The lowest BCUT2D eigenvalue weighted by Gasteiger charge is -2.29. The number of anilines is 2. The van der Waals surface area contributed by atoms with Gasteiger partial charge in [0.1, 0.15) is 23.8 Å². The topological polar surface area (TPSA) is 230 Å². The quantitative estimate of drug-likeness (QED) is 0.0374. The Bertz CT molecular complexity index is 2540. The number of carbonyl (C=O) groups is 5. The van der Waals surface area contributed by atoms with Crippen LogP contribution in [0.5, 0.6) is 5.75 Å². The molecule has 0 saturated carbocycles. The minimum Gasteiger partial charge on any atom is -0.494 e. The Morgan fingerprint density at radius 3 is 2.38 bits per heavy atom. The number of rotatable bonds is 27. The highest BCUT2D eigenvalue weighted by Crippen LogP contribution is 2.32. The smallest absolute Gasteiger partial charge is 0.255 e. The molecule has 4 N–H and O–H groups in total. The largest absolute Gasteiger partial charge is 0.494 e. The molecule has 1 unspecified atom stereocenters. The average molecular weight is 945 g/mol. The van der Waals surface area contributed by atoms with Crippen LogP contribution in [0.3, 0.4) is 0 Å². The Hall–Kier alpha value is -7.09. The van der Waals surface area contributed by atoms with Crippen LogP contribution >= 0.6 is 0 Å². The van der Waals surface area contributed by atoms with Gasteiger partial charge in [-0.15, -0.1) is 10.2 Å². The first-order chi connectivity index (χ1) is 33.6. The maximum atomic E-state index is 13.3. The van der Waals surface area contributed by atoms with E-state index in [0.717, 1.165) is 48.5 Å². The second kappa shape index (κ2) is 25.3. The maximum absolute atomic E-state index is 13.3. The third-order valence-corrected chi connectivity index (χ3v) is 11.8. The molecule has 19 nitrogen and oxygen atoms in total. The van der Waals surface area contributed by atoms with E-state index in [1.54, 1.807) is 36.5 Å². The van der Waals surface area contributed by atoms with Gasteiger partial charge in [0.2, 0.25) is 17.7 Å². The maximum Gasteiger partial charge on any atom is 0.255 e. The summed E-state index contributed by atoms with van der Waals surface area (Å²) >= 11 is 0. The summed E-state index contributed by atoms with van der Waals surface area (Å²) in [6.45, 7) is 6.00. The zero-order chi connectivity index (χ0) is 48.4. The molecule has 0 bridgehead atoms. The van der Waals surface area contributed by atoms with E-state index in [9.17, 15) is 24.0 Å². The van der Waals surface area contributed by atoms with Gasteiger partial charge in [-0.3, -0.25) is 29.3 Å². The van der Waals surface area contributed by atoms with E-state index in [1.807, 2.05) is 61.0 Å². The van der Waals surface area contributed by atoms with Crippen molar-refractivity contribution in [2.24, 2.45) is 7.05 Å². The van der Waals surface area contributed by atoms with Crippen molar-refractivity contribution in [2.75, 3.05) is 56.9 Å². The lowest BCUT2D eigenvalue weighted by molar-refractivity contribution is -0.137. The number of benzene rings is 3. The highest BCUT2D eigenvalue weighted by molar-refractivity contribution is 6.06. The number of amides is 5. The third kappa shape index (κ3) is 14.2. The van der Waals surface area contributed by atoms with Gasteiger partial charge in [0.25, 0.3) is 11.8 Å². The van der Waals surface area contributed by atoms with Gasteiger partial charge >= 0.3 is 0 Å². The fourth-order valence-electron chi connectivity index (χ4n) is 7.99. The summed E-state index contributed by atoms with van der Waals surface area (Å²) in [5.74, 6) is 0.641. The van der Waals surface area contributed by atoms with Crippen LogP contribution in [0, 0.1) is 0 Å². The van der Waals surface area contributed by atoms with Gasteiger partial charge in [0.15, 0.2) is 11.6 Å². The Balaban J connectivity index is 0.675. The minimum absolute atomic E-state index is 0.177. The zero-order valence-corrected chi connectivity index (χ0v) is 39.1. The lowest BCUT2D eigenvalue weighted by atomic mass is 10.0. The first-order valence-electron chi connectivity index (χ1n) is 23.5. The van der Waals surface area contributed by atoms with Gasteiger partial charge in [-0.1, -0.05) is 30.7 Å². The molecule has 2 aromatic heterocycles. The molecule has 1 saturated heterocycles. The van der Waals surface area contributed by atoms with Crippen molar-refractivity contribution >= 4 is 40.9 Å². The summed E-state index contributed by atoms with van der Waals surface area (Å²) in [6.07, 6.45) is 8.25. The zero-order valence-electron chi connectivity index (χ0n) is 39.1. The number of hydrogen-bond acceptors (Lipinski definition) is 14. The molecule has 19 heteroatoms. The van der Waals surface area contributed by atoms with Crippen molar-refractivity contribution in [3.8, 4) is 17.3 Å². The van der Waals surface area contributed by atoms with Gasteiger partial charge in [0.05, 0.1) is 45.6 Å². The van der Waals surface area contributed by atoms with Gasteiger partial charge in [-0.2, -0.15) is 0 Å². The first-order valence-corrected chi connectivity index (χ1v) is 23.5. The molecule has 0 spiro atoms. The molecule has 69 heavy (non-hydrogen) atoms. The number of nitrogens with zero attached hydrogens (tertiary/aromatic N) is 6. The van der Waals surface area contributed by atoms with E-state index < -0.39 is 11.9 Å². The number of hydrogen-bond donors (Lipinski definition) is 4. The van der Waals surface area contributed by atoms with E-state index in [0.29, 0.717) is 93.1 Å². The lowest BCUT2D eigenvalue weighted by Crippen LogP contribution is -2.52. The average Bonchev–Trinajstić information content (AvgIpc) is 3.90. The second-order valence-electron chi connectivity index (χ2n) is 16.8. The van der Waals surface area contributed by atoms with Crippen molar-refractivity contribution in [1.82, 2.24) is 40.3 Å². The number of unbranched alkanes of at least 4 members (excludes halogenated alkanes) is 3. The van der Waals surface area contributed by atoms with Crippen molar-refractivity contribution in [1.29, 1.82) is 0 Å². The highest BCUT2D eigenvalue weighted by Gasteiger charge is 2.40. The van der Waals surface area contributed by atoms with E-state index in [1.165, 1.54) is 11.2 Å². The van der Waals surface area contributed by atoms with Crippen molar-refractivity contribution < 1.29 is 42.9 Å². The SMILES string of the molecule is C[C@H](NC(=O)c1cccc(NCc2nnc(-c3ccncn3)n2C)c1)c1cccc(OCCCCCCOCCOCCOCCCC(=O)Nc2cccc3c2CN(C2CCC(=O)NC2=O)C3=O)c1. The van der Waals surface area contributed by atoms with Crippen LogP contribution in [0.15, 0.2) is 85.3 Å². The summed E-state index contributed by atoms with van der Waals surface area (Å²) in [5.41, 5.74) is 4.60. The summed E-state index contributed by atoms with van der Waals surface area (Å²) in [4.78, 5) is 72.6. The van der Waals surface area contributed by atoms with Crippen LogP contribution < -0.4 is 26.0 Å². The Kier molecular flexibility index (Phi) is 18.3. The number of piperidine rings is 1. The normalized spacial score (nSPS) is 14.8. The number of carbonyl (C=O) groups excluding carboxylic acids is 5. The molecule has 1 fully saturated rings. The molecule has 3 aromatic carbocycles. The molecule has 5 aromatic rings. The van der Waals surface area contributed by atoms with E-state index in [2.05, 4.69) is 41.4 Å². The second-order valence-corrected chi connectivity index (χ2v) is 16.8. The first kappa shape index (κ1) is 49.8. The molecule has 5 amide bonds. The number of aromatic nitrogens is 5. The third-order valence-electron chi connectivity index (χ3n) is 11.8. The van der Waals surface area contributed by atoms with Crippen LogP contribution in [-0.2, 0) is 48.7 Å². The highest BCUT2D eigenvalue weighted by atomic mass is 16.5. The Labute approximate surface area is 401 Å². The summed E-state index contributed by atoms with van der Waals surface area (Å²) in [5, 5.41) is 20.2. The molecule has 7 rings (SSSR count). The molecule has 2 aliphatic rings. The summed E-state index contributed by atoms with van der Waals surface area (Å²) in [6, 6.07) is 21.1. The predicted molar refractivity (Wildman–Crippen MR) is 255 cm³/mol. The van der Waals surface area contributed by atoms with Crippen LogP contribution in [0.25, 0.3) is 11.5 Å². The molecule has 2 atom stereocenters. The molecular formula is C50H60N10O9. The van der Waals surface area contributed by atoms with Gasteiger partial charge in [-0.05, 0) is 93.1 Å². The van der Waals surface area contributed by atoms with Crippen LogP contribution in [0.1, 0.15) is 102 Å². The summed E-state index contributed by atoms with van der Waals surface area (Å²) < 4.78 is 24.9. The number of nitrogens with one attached hydrogen (secondary N) is 4. The molecular weight excluding hydrogens is 885 g/mol. The molecule has 4 heterocycles. The Morgan fingerprint density at radius 2 is 1.59 bits per heavy atom. The van der Waals surface area contributed by atoms with E-state index in [4.69, 9.17) is 18.9 Å². The fourth-order valence-corrected chi connectivity index (χ4v) is 7.99. The van der Waals surface area contributed by atoms with Gasteiger partial charge in [-0.25, -0.2) is 9.97 Å². The van der Waals surface area contributed by atoms with Crippen molar-refractivity contribution in [2.45, 2.75) is 83.5 Å². The summed E-state index contributed by atoms with van der Waals surface area (Å²) in [7, 11) is 1.88. The van der Waals surface area contributed by atoms with Crippen LogP contribution in [0.4, 0.5) is 11.4 Å². The van der Waals surface area contributed by atoms with Crippen LogP contribution in [-0.4, -0.2) is 111 Å². The minimum atomic E-state index is -0.717. The number of ether oxygens (including phenoxy) is 4. The molecule has 2 aliphatic heterocycles. The van der Waals surface area contributed by atoms with E-state index >= 15 is 0 Å². The van der Waals surface area contributed by atoms with Gasteiger partial charge in [0, 0.05) is 73.9 Å². The van der Waals surface area contributed by atoms with Crippen molar-refractivity contribution in [3.05, 3.63) is 113 Å².